The van der Waals surface area contributed by atoms with Crippen molar-refractivity contribution in [2.75, 3.05) is 40.4 Å². The van der Waals surface area contributed by atoms with Crippen LogP contribution in [-0.2, 0) is 11.2 Å². The fraction of sp³-hybridized carbons (Fsp3) is 0.562. The molecule has 1 fully saturated rings. The van der Waals surface area contributed by atoms with Crippen molar-refractivity contribution in [2.45, 2.75) is 12.8 Å². The molecular weight excluding hydrogens is 366 g/mol. The molecule has 22 heavy (non-hydrogen) atoms. The SMILES string of the molecule is CN=C(NCCc1cc(Cl)ccc1Br)N(C)CC1CCOC1. The largest absolute Gasteiger partial charge is 0.381 e. The Morgan fingerprint density at radius 2 is 2.36 bits per heavy atom. The van der Waals surface area contributed by atoms with Gasteiger partial charge in [-0.25, -0.2) is 0 Å². The van der Waals surface area contributed by atoms with Gasteiger partial charge in [0.15, 0.2) is 5.96 Å². The molecule has 0 saturated carbocycles. The molecule has 0 aromatic heterocycles. The summed E-state index contributed by atoms with van der Waals surface area (Å²) in [6, 6.07) is 5.87. The van der Waals surface area contributed by atoms with Crippen molar-refractivity contribution in [3.8, 4) is 0 Å². The molecule has 1 atom stereocenters. The molecule has 1 aromatic carbocycles. The van der Waals surface area contributed by atoms with Crippen LogP contribution in [0, 0.1) is 5.92 Å². The molecule has 122 valence electrons. The van der Waals surface area contributed by atoms with Crippen LogP contribution in [0.25, 0.3) is 0 Å². The van der Waals surface area contributed by atoms with E-state index >= 15 is 0 Å². The van der Waals surface area contributed by atoms with Gasteiger partial charge in [-0.15, -0.1) is 0 Å². The predicted molar refractivity (Wildman–Crippen MR) is 95.8 cm³/mol. The third-order valence-corrected chi connectivity index (χ3v) is 4.82. The number of aliphatic imine (C=N–C) groups is 1. The molecule has 0 amide bonds. The molecule has 2 rings (SSSR count). The number of halogens is 2. The van der Waals surface area contributed by atoms with E-state index in [1.54, 1.807) is 0 Å². The summed E-state index contributed by atoms with van der Waals surface area (Å²) < 4.78 is 6.52. The highest BCUT2D eigenvalue weighted by atomic mass is 79.9. The van der Waals surface area contributed by atoms with Crippen LogP contribution in [0.2, 0.25) is 5.02 Å². The first-order valence-electron chi connectivity index (χ1n) is 7.53. The van der Waals surface area contributed by atoms with Crippen LogP contribution >= 0.6 is 27.5 Å². The van der Waals surface area contributed by atoms with Crippen molar-refractivity contribution < 1.29 is 4.74 Å². The Morgan fingerprint density at radius 1 is 1.55 bits per heavy atom. The van der Waals surface area contributed by atoms with E-state index in [9.17, 15) is 0 Å². The number of ether oxygens (including phenoxy) is 1. The zero-order valence-corrected chi connectivity index (χ0v) is 15.5. The lowest BCUT2D eigenvalue weighted by Crippen LogP contribution is -2.42. The Hall–Kier alpha value is -0.780. The van der Waals surface area contributed by atoms with Gasteiger partial charge in [-0.2, -0.15) is 0 Å². The second-order valence-electron chi connectivity index (χ2n) is 5.57. The van der Waals surface area contributed by atoms with Gasteiger partial charge in [0, 0.05) is 49.2 Å². The molecular formula is C16H23BrClN3O. The minimum Gasteiger partial charge on any atom is -0.381 e. The third kappa shape index (κ3) is 5.14. The lowest BCUT2D eigenvalue weighted by atomic mass is 10.1. The predicted octanol–water partition coefficient (Wildman–Crippen LogP) is 3.19. The summed E-state index contributed by atoms with van der Waals surface area (Å²) in [5.41, 5.74) is 1.20. The average molecular weight is 389 g/mol. The first-order valence-corrected chi connectivity index (χ1v) is 8.70. The zero-order valence-electron chi connectivity index (χ0n) is 13.1. The van der Waals surface area contributed by atoms with E-state index in [-0.39, 0.29) is 0 Å². The molecule has 1 N–H and O–H groups in total. The van der Waals surface area contributed by atoms with E-state index in [1.807, 2.05) is 25.2 Å². The second kappa shape index (κ2) is 8.75. The Balaban J connectivity index is 1.81. The van der Waals surface area contributed by atoms with E-state index in [4.69, 9.17) is 16.3 Å². The maximum absolute atomic E-state index is 6.05. The minimum absolute atomic E-state index is 0.602. The van der Waals surface area contributed by atoms with E-state index in [2.05, 4.69) is 38.2 Å². The Morgan fingerprint density at radius 3 is 3.05 bits per heavy atom. The maximum atomic E-state index is 6.05. The summed E-state index contributed by atoms with van der Waals surface area (Å²) in [5.74, 6) is 1.52. The Bertz CT molecular complexity index is 518. The maximum Gasteiger partial charge on any atom is 0.193 e. The van der Waals surface area contributed by atoms with Gasteiger partial charge in [-0.3, -0.25) is 4.99 Å². The van der Waals surface area contributed by atoms with Crippen molar-refractivity contribution in [3.63, 3.8) is 0 Å². The quantitative estimate of drug-likeness (QED) is 0.622. The summed E-state index contributed by atoms with van der Waals surface area (Å²) in [7, 11) is 3.89. The Kier molecular flexibility index (Phi) is 6.99. The van der Waals surface area contributed by atoms with Gasteiger partial charge in [0.2, 0.25) is 0 Å². The average Bonchev–Trinajstić information content (AvgIpc) is 2.99. The second-order valence-corrected chi connectivity index (χ2v) is 6.86. The van der Waals surface area contributed by atoms with Gasteiger partial charge in [-0.05, 0) is 36.6 Å². The van der Waals surface area contributed by atoms with Crippen LogP contribution in [0.1, 0.15) is 12.0 Å². The fourth-order valence-corrected chi connectivity index (χ4v) is 3.27. The van der Waals surface area contributed by atoms with Gasteiger partial charge in [0.05, 0.1) is 6.61 Å². The molecule has 1 aliphatic rings. The van der Waals surface area contributed by atoms with Crippen LogP contribution in [0.15, 0.2) is 27.7 Å². The summed E-state index contributed by atoms with van der Waals surface area (Å²) in [5, 5.41) is 4.17. The number of rotatable bonds is 5. The lowest BCUT2D eigenvalue weighted by Gasteiger charge is -2.24. The van der Waals surface area contributed by atoms with Gasteiger partial charge >= 0.3 is 0 Å². The molecule has 6 heteroatoms. The van der Waals surface area contributed by atoms with Crippen molar-refractivity contribution in [2.24, 2.45) is 10.9 Å². The lowest BCUT2D eigenvalue weighted by molar-refractivity contribution is 0.181. The van der Waals surface area contributed by atoms with Gasteiger partial charge in [-0.1, -0.05) is 27.5 Å². The number of guanidine groups is 1. The molecule has 1 unspecified atom stereocenters. The van der Waals surface area contributed by atoms with Crippen molar-refractivity contribution in [1.82, 2.24) is 10.2 Å². The molecule has 4 nitrogen and oxygen atoms in total. The highest BCUT2D eigenvalue weighted by molar-refractivity contribution is 9.10. The topological polar surface area (TPSA) is 36.9 Å². The van der Waals surface area contributed by atoms with Gasteiger partial charge in [0.1, 0.15) is 0 Å². The molecule has 0 spiro atoms. The number of nitrogens with one attached hydrogen (secondary N) is 1. The smallest absolute Gasteiger partial charge is 0.193 e. The van der Waals surface area contributed by atoms with Crippen LogP contribution in [0.5, 0.6) is 0 Å². The molecule has 1 heterocycles. The first kappa shape index (κ1) is 17.6. The monoisotopic (exact) mass is 387 g/mol. The minimum atomic E-state index is 0.602. The number of nitrogens with zero attached hydrogens (tertiary/aromatic N) is 2. The fourth-order valence-electron chi connectivity index (χ4n) is 2.63. The highest BCUT2D eigenvalue weighted by Gasteiger charge is 2.18. The zero-order chi connectivity index (χ0) is 15.9. The molecule has 1 saturated heterocycles. The molecule has 0 aliphatic carbocycles. The summed E-state index contributed by atoms with van der Waals surface area (Å²) in [6.07, 6.45) is 2.03. The number of benzene rings is 1. The standard InChI is InChI=1S/C16H23BrClN3O/c1-19-16(21(2)10-12-6-8-22-11-12)20-7-5-13-9-14(18)3-4-15(13)17/h3-4,9,12H,5-8,10-11H2,1-2H3,(H,19,20). The molecule has 0 radical (unpaired) electrons. The Labute approximate surface area is 146 Å². The van der Waals surface area contributed by atoms with E-state index in [1.165, 1.54) is 5.56 Å². The van der Waals surface area contributed by atoms with Crippen molar-refractivity contribution in [1.29, 1.82) is 0 Å². The molecule has 1 aromatic rings. The van der Waals surface area contributed by atoms with E-state index < -0.39 is 0 Å². The highest BCUT2D eigenvalue weighted by Crippen LogP contribution is 2.21. The number of hydrogen-bond donors (Lipinski definition) is 1. The molecule has 1 aliphatic heterocycles. The van der Waals surface area contributed by atoms with Gasteiger partial charge in [0.25, 0.3) is 0 Å². The van der Waals surface area contributed by atoms with Crippen LogP contribution in [0.3, 0.4) is 0 Å². The van der Waals surface area contributed by atoms with Crippen LogP contribution in [0.4, 0.5) is 0 Å². The van der Waals surface area contributed by atoms with Crippen molar-refractivity contribution in [3.05, 3.63) is 33.3 Å². The first-order chi connectivity index (χ1) is 10.6. The molecule has 0 bridgehead atoms. The third-order valence-electron chi connectivity index (χ3n) is 3.81. The van der Waals surface area contributed by atoms with E-state index in [0.29, 0.717) is 5.92 Å². The van der Waals surface area contributed by atoms with Crippen LogP contribution in [-0.4, -0.2) is 51.3 Å². The van der Waals surface area contributed by atoms with Crippen LogP contribution < -0.4 is 5.32 Å². The summed E-state index contributed by atoms with van der Waals surface area (Å²) in [6.45, 7) is 3.53. The van der Waals surface area contributed by atoms with Gasteiger partial charge < -0.3 is 15.0 Å². The summed E-state index contributed by atoms with van der Waals surface area (Å²) in [4.78, 5) is 6.53. The normalized spacial score (nSPS) is 18.5. The number of hydrogen-bond acceptors (Lipinski definition) is 2. The van der Waals surface area contributed by atoms with E-state index in [0.717, 1.165) is 54.6 Å². The summed E-state index contributed by atoms with van der Waals surface area (Å²) >= 11 is 9.61. The van der Waals surface area contributed by atoms with Crippen molar-refractivity contribution >= 4 is 33.5 Å².